The summed E-state index contributed by atoms with van der Waals surface area (Å²) in [4.78, 5) is 144. The van der Waals surface area contributed by atoms with Crippen LogP contribution in [0.1, 0.15) is 80.7 Å². The molecule has 0 radical (unpaired) electrons. The minimum atomic E-state index is -1.92. The molecule has 618 valence electrons. The van der Waals surface area contributed by atoms with E-state index in [0.29, 0.717) is 86.1 Å². The topological polar surface area (TPSA) is 345 Å². The van der Waals surface area contributed by atoms with Crippen LogP contribution >= 0.6 is 23.5 Å². The molecule has 7 heterocycles. The number of likely N-dealkylation sites (tertiary alicyclic amines) is 1. The lowest BCUT2D eigenvalue weighted by atomic mass is 9.86. The van der Waals surface area contributed by atoms with E-state index in [1.165, 1.54) is 33.3 Å². The summed E-state index contributed by atoms with van der Waals surface area (Å²) in [6.07, 6.45) is 8.31. The number of aromatic amines is 1. The number of thioether (sulfide) groups is 2. The van der Waals surface area contributed by atoms with Gasteiger partial charge < -0.3 is 70.0 Å². The molecule has 1 unspecified atom stereocenters. The van der Waals surface area contributed by atoms with E-state index >= 15 is 0 Å². The van der Waals surface area contributed by atoms with Crippen molar-refractivity contribution in [1.29, 1.82) is 0 Å². The molecule has 6 aromatic carbocycles. The van der Waals surface area contributed by atoms with Gasteiger partial charge in [-0.1, -0.05) is 138 Å². The smallest absolute Gasteiger partial charge is 0.328 e. The first-order valence-electron chi connectivity index (χ1n) is 40.0. The summed E-state index contributed by atoms with van der Waals surface area (Å²) in [6.45, 7) is 4.54. The van der Waals surface area contributed by atoms with E-state index < -0.39 is 72.3 Å². The number of benzene rings is 6. The number of imide groups is 2. The fraction of sp³-hybridized carbons (Fsp3) is 0.360. The second-order valence-electron chi connectivity index (χ2n) is 30.4. The van der Waals surface area contributed by atoms with Crippen LogP contribution in [0, 0.1) is 11.8 Å². The van der Waals surface area contributed by atoms with Gasteiger partial charge in [0.05, 0.1) is 106 Å². The molecule has 1 saturated carbocycles. The van der Waals surface area contributed by atoms with Crippen LogP contribution in [0.3, 0.4) is 0 Å². The maximum absolute atomic E-state index is 14.4. The van der Waals surface area contributed by atoms with Crippen LogP contribution in [0.15, 0.2) is 201 Å². The van der Waals surface area contributed by atoms with Gasteiger partial charge in [-0.3, -0.25) is 53.5 Å². The molecule has 9 aromatic rings. The molecule has 3 saturated heterocycles. The number of ether oxygens (including phenoxy) is 5. The molecule has 28 nitrogen and oxygen atoms in total. The van der Waals surface area contributed by atoms with Crippen LogP contribution in [0.5, 0.6) is 5.75 Å². The Labute approximate surface area is 697 Å². The monoisotopic (exact) mass is 1650 g/mol. The summed E-state index contributed by atoms with van der Waals surface area (Å²) in [5.74, 6) is 3.56. The van der Waals surface area contributed by atoms with E-state index in [9.17, 15) is 43.2 Å². The molecule has 4 aliphatic heterocycles. The van der Waals surface area contributed by atoms with Crippen LogP contribution in [-0.2, 0) is 71.6 Å². The summed E-state index contributed by atoms with van der Waals surface area (Å²) in [5.41, 5.74) is 8.44. The van der Waals surface area contributed by atoms with Crippen molar-refractivity contribution in [3.8, 4) is 28.7 Å². The van der Waals surface area contributed by atoms with Gasteiger partial charge in [-0.25, -0.2) is 14.8 Å². The van der Waals surface area contributed by atoms with Gasteiger partial charge in [0.2, 0.25) is 35.5 Å². The molecule has 30 heteroatoms. The Morgan fingerprint density at radius 2 is 1.34 bits per heavy atom. The first-order chi connectivity index (χ1) is 57.7. The Bertz CT molecular complexity index is 5310. The number of hydrogen-bond donors (Lipinski definition) is 7. The average Bonchev–Trinajstić information content (AvgIpc) is 1.73. The lowest BCUT2D eigenvalue weighted by molar-refractivity contribution is -0.138. The molecule has 3 aromatic heterocycles. The molecule has 8 N–H and O–H groups in total. The number of carbonyl (C=O) groups is 8. The van der Waals surface area contributed by atoms with Crippen LogP contribution in [-0.4, -0.2) is 206 Å². The third-order valence-electron chi connectivity index (χ3n) is 22.0. The minimum Gasteiger partial charge on any atom is -0.495 e. The summed E-state index contributed by atoms with van der Waals surface area (Å²) < 4.78 is 32.9. The molecule has 2 atom stereocenters. The zero-order valence-corrected chi connectivity index (χ0v) is 68.2. The first kappa shape index (κ1) is 83.9. The standard InChI is InChI=1S/C89H96N14O14S2/c1-87(94-39-16-19-59-26-31-72(113-3)71(51-59)102-43-35-74(105)96-86(102)112)37-44-100(45-38-87)63-33-41-101(42-34-63)85-95-70-30-27-61(69-56-99(2)81(108)77-67(69)32-40-91-77)52-68(70)80(97-85)89(117-64-28-29-64,62-20-10-5-11-21-62)58-116-57-88(84(90)111,53-60-17-8-4-9-18-60)98-76(107)55-93-75(106)54-92-73(104)36-47-114-49-50-115-48-46-103-82(109)78(118-65-22-12-6-13-23-65)79(83(103)110)119-66-24-14-7-15-25-66/h4-15,17-18,20-27,30-32,40,51-52,56,63-64,91,94H,28-29,33-39,41-50,53-55,57-58H2,1-3H3,(H2,90,111)(H,92,104)(H,93,106)(H,98,107)(H,96,105,112)/t88?,89-/m0/s1. The highest BCUT2D eigenvalue weighted by atomic mass is 32.2. The normalized spacial score (nSPS) is 16.9. The fourth-order valence-electron chi connectivity index (χ4n) is 15.3. The highest BCUT2D eigenvalue weighted by molar-refractivity contribution is 8.08. The maximum atomic E-state index is 14.4. The van der Waals surface area contributed by atoms with Crippen LogP contribution < -0.4 is 52.4 Å². The van der Waals surface area contributed by atoms with Gasteiger partial charge in [0.1, 0.15) is 16.8 Å². The van der Waals surface area contributed by atoms with Crippen molar-refractivity contribution in [2.24, 2.45) is 12.8 Å². The number of piperidine rings is 2. The number of aromatic nitrogens is 4. The van der Waals surface area contributed by atoms with E-state index in [2.05, 4.69) is 60.1 Å². The number of carbonyl (C=O) groups excluding carboxylic acids is 8. The number of amides is 9. The van der Waals surface area contributed by atoms with E-state index in [4.69, 9.17) is 39.4 Å². The second kappa shape index (κ2) is 38.5. The molecule has 0 bridgehead atoms. The van der Waals surface area contributed by atoms with Gasteiger partial charge in [0.25, 0.3) is 17.4 Å². The number of aryl methyl sites for hydroxylation is 1. The van der Waals surface area contributed by atoms with E-state index in [-0.39, 0.29) is 88.5 Å². The molecule has 1 aliphatic carbocycles. The number of hydrogen-bond acceptors (Lipinski definition) is 21. The molecule has 9 amide bonds. The fourth-order valence-corrected chi connectivity index (χ4v) is 17.3. The number of pyridine rings is 1. The summed E-state index contributed by atoms with van der Waals surface area (Å²) in [6, 6.07) is 50.6. The number of fused-ring (bicyclic) bond motifs is 2. The van der Waals surface area contributed by atoms with Crippen LogP contribution in [0.2, 0.25) is 0 Å². The molecule has 5 aliphatic rings. The van der Waals surface area contributed by atoms with Crippen molar-refractivity contribution in [2.45, 2.75) is 103 Å². The molecule has 0 spiro atoms. The highest BCUT2D eigenvalue weighted by Crippen LogP contribution is 2.46. The van der Waals surface area contributed by atoms with E-state index in [0.717, 1.165) is 83.5 Å². The van der Waals surface area contributed by atoms with Crippen molar-refractivity contribution in [2.75, 3.05) is 115 Å². The molecule has 4 fully saturated rings. The molecular weight excluding hydrogens is 1550 g/mol. The summed E-state index contributed by atoms with van der Waals surface area (Å²) in [5, 5.41) is 15.4. The second-order valence-corrected chi connectivity index (χ2v) is 32.5. The average molecular weight is 1650 g/mol. The molecular formula is C89H96N14O14S2. The van der Waals surface area contributed by atoms with Crippen molar-refractivity contribution < 1.29 is 62.0 Å². The number of nitrogens with one attached hydrogen (secondary N) is 6. The Kier molecular flexibility index (Phi) is 27.1. The number of methoxy groups -OCH3 is 1. The number of urea groups is 1. The lowest BCUT2D eigenvalue weighted by Gasteiger charge is -2.45. The SMILES string of the molecule is COc1ccc(C#CCNC2(C)CCN(C3CCN(c4nc([C@@](COCC(Cc5ccccc5)(NC(=O)CNC(=O)CNC(=O)CCOCCOCCN5C(=O)C(Sc6ccccc6)=C(Sc6ccccc6)C5=O)C(N)=O)(OC5CC5)c5ccccc5)c5cc(-c6cn(C)c(=O)c7[nH]ccc67)ccc5n4)CC3)CC2)cc1N1CCC(=O)NC1=O. The number of nitrogens with two attached hydrogens (primary N) is 1. The van der Waals surface area contributed by atoms with Gasteiger partial charge in [0.15, 0.2) is 5.60 Å². The number of anilines is 2. The number of nitrogens with zero attached hydrogens (tertiary/aromatic N) is 7. The van der Waals surface area contributed by atoms with Gasteiger partial charge in [-0.2, -0.15) is 0 Å². The van der Waals surface area contributed by atoms with Gasteiger partial charge in [0, 0.05) is 115 Å². The number of primary amides is 1. The lowest BCUT2D eigenvalue weighted by Crippen LogP contribution is -2.63. The first-order valence-corrected chi connectivity index (χ1v) is 41.6. The molecule has 119 heavy (non-hydrogen) atoms. The van der Waals surface area contributed by atoms with Gasteiger partial charge in [-0.15, -0.1) is 0 Å². The summed E-state index contributed by atoms with van der Waals surface area (Å²) >= 11 is 2.49. The number of H-pyrrole nitrogens is 1. The largest absolute Gasteiger partial charge is 0.495 e. The summed E-state index contributed by atoms with van der Waals surface area (Å²) in [7, 11) is 3.26. The minimum absolute atomic E-state index is 0.00777. The van der Waals surface area contributed by atoms with Crippen molar-refractivity contribution >= 4 is 104 Å². The zero-order valence-electron chi connectivity index (χ0n) is 66.6. The predicted octanol–water partition coefficient (Wildman–Crippen LogP) is 8.24. The van der Waals surface area contributed by atoms with Gasteiger partial charge in [-0.05, 0) is 123 Å². The quantitative estimate of drug-likeness (QED) is 0.0110. The highest BCUT2D eigenvalue weighted by Gasteiger charge is 2.48. The van der Waals surface area contributed by atoms with Crippen LogP contribution in [0.4, 0.5) is 16.4 Å². The Hall–Kier alpha value is -11.5. The van der Waals surface area contributed by atoms with Crippen molar-refractivity contribution in [1.82, 2.24) is 55.9 Å². The third kappa shape index (κ3) is 20.4. The van der Waals surface area contributed by atoms with Gasteiger partial charge >= 0.3 is 6.03 Å². The van der Waals surface area contributed by atoms with Crippen molar-refractivity contribution in [3.63, 3.8) is 0 Å². The Morgan fingerprint density at radius 1 is 0.689 bits per heavy atom. The van der Waals surface area contributed by atoms with E-state index in [1.807, 2.05) is 140 Å². The predicted molar refractivity (Wildman–Crippen MR) is 453 cm³/mol. The Balaban J connectivity index is 0.623. The van der Waals surface area contributed by atoms with Crippen molar-refractivity contribution in [3.05, 3.63) is 219 Å². The van der Waals surface area contributed by atoms with Crippen LogP contribution in [0.25, 0.3) is 32.9 Å². The number of rotatable bonds is 36. The Morgan fingerprint density at radius 3 is 2.01 bits per heavy atom. The molecule has 14 rings (SSSR count). The van der Waals surface area contributed by atoms with E-state index in [1.54, 1.807) is 55.3 Å². The zero-order chi connectivity index (χ0) is 83.1. The maximum Gasteiger partial charge on any atom is 0.328 e. The third-order valence-corrected chi connectivity index (χ3v) is 24.3.